The van der Waals surface area contributed by atoms with Crippen LogP contribution in [0.2, 0.25) is 0 Å². The second-order valence-corrected chi connectivity index (χ2v) is 11.5. The molecule has 1 atom stereocenters. The number of hydrogen-bond acceptors (Lipinski definition) is 7. The Labute approximate surface area is 212 Å². The first kappa shape index (κ1) is 23.5. The summed E-state index contributed by atoms with van der Waals surface area (Å²) in [5.41, 5.74) is 1.10. The number of pyridine rings is 1. The number of rotatable bonds is 6. The molecule has 9 heteroatoms. The van der Waals surface area contributed by atoms with Crippen molar-refractivity contribution in [3.05, 3.63) is 54.9 Å². The molecule has 0 spiro atoms. The van der Waals surface area contributed by atoms with Crippen molar-refractivity contribution in [1.82, 2.24) is 14.2 Å². The summed E-state index contributed by atoms with van der Waals surface area (Å²) in [7, 11) is -3.60. The van der Waals surface area contributed by atoms with E-state index in [2.05, 4.69) is 20.9 Å². The molecule has 1 unspecified atom stereocenters. The number of ether oxygens (including phenoxy) is 2. The van der Waals surface area contributed by atoms with Gasteiger partial charge in [0.2, 0.25) is 10.0 Å². The van der Waals surface area contributed by atoms with Crippen molar-refractivity contribution in [3.63, 3.8) is 0 Å². The van der Waals surface area contributed by atoms with Crippen molar-refractivity contribution in [1.29, 1.82) is 0 Å². The molecule has 0 radical (unpaired) electrons. The molecule has 1 aromatic heterocycles. The molecular formula is C27H32N4O4S. The first-order chi connectivity index (χ1) is 17.6. The zero-order valence-electron chi connectivity index (χ0n) is 20.4. The summed E-state index contributed by atoms with van der Waals surface area (Å²) in [5, 5.41) is 1.59. The SMILES string of the molecule is O=S(=O)(c1cncc2ccccc12)N1CCCC1CCN1CCN(c2cccc3c2OCCO3)CC1. The lowest BCUT2D eigenvalue weighted by Crippen LogP contribution is -2.48. The van der Waals surface area contributed by atoms with Crippen molar-refractivity contribution in [2.75, 3.05) is 57.4 Å². The van der Waals surface area contributed by atoms with E-state index < -0.39 is 10.0 Å². The third-order valence-corrected chi connectivity index (χ3v) is 9.56. The van der Waals surface area contributed by atoms with Crippen LogP contribution in [0.15, 0.2) is 59.8 Å². The van der Waals surface area contributed by atoms with Gasteiger partial charge in [-0.25, -0.2) is 8.42 Å². The first-order valence-electron chi connectivity index (χ1n) is 12.8. The number of hydrogen-bond donors (Lipinski definition) is 0. The minimum Gasteiger partial charge on any atom is -0.486 e. The zero-order valence-corrected chi connectivity index (χ0v) is 21.2. The van der Waals surface area contributed by atoms with Crippen LogP contribution in [0.25, 0.3) is 10.8 Å². The predicted molar refractivity (Wildman–Crippen MR) is 139 cm³/mol. The third kappa shape index (κ3) is 4.40. The van der Waals surface area contributed by atoms with E-state index in [-0.39, 0.29) is 6.04 Å². The topological polar surface area (TPSA) is 75.2 Å². The van der Waals surface area contributed by atoms with Crippen LogP contribution >= 0.6 is 0 Å². The molecule has 3 aromatic rings. The van der Waals surface area contributed by atoms with Crippen LogP contribution < -0.4 is 14.4 Å². The number of piperazine rings is 1. The molecule has 0 aliphatic carbocycles. The summed E-state index contributed by atoms with van der Waals surface area (Å²) >= 11 is 0. The molecule has 36 heavy (non-hydrogen) atoms. The molecule has 8 nitrogen and oxygen atoms in total. The number of sulfonamides is 1. The van der Waals surface area contributed by atoms with Crippen LogP contribution in [0, 0.1) is 0 Å². The van der Waals surface area contributed by atoms with Gasteiger partial charge in [-0.15, -0.1) is 0 Å². The molecule has 3 aliphatic rings. The molecular weight excluding hydrogens is 476 g/mol. The lowest BCUT2D eigenvalue weighted by molar-refractivity contribution is 0.171. The Morgan fingerprint density at radius 1 is 0.917 bits per heavy atom. The molecule has 3 aliphatic heterocycles. The minimum absolute atomic E-state index is 0.0266. The standard InChI is InChI=1S/C27H32N4O4S/c32-36(33,26-20-28-19-21-5-1-2-7-23(21)26)31-11-4-6-22(31)10-12-29-13-15-30(16-14-29)24-8-3-9-25-27(24)35-18-17-34-25/h1-3,5,7-9,19-20,22H,4,6,10-18H2. The molecule has 2 aromatic carbocycles. The van der Waals surface area contributed by atoms with Gasteiger partial charge in [0.25, 0.3) is 0 Å². The van der Waals surface area contributed by atoms with Gasteiger partial charge < -0.3 is 14.4 Å². The quantitative estimate of drug-likeness (QED) is 0.505. The highest BCUT2D eigenvalue weighted by molar-refractivity contribution is 7.89. The Kier molecular flexibility index (Phi) is 6.45. The lowest BCUT2D eigenvalue weighted by Gasteiger charge is -2.38. The summed E-state index contributed by atoms with van der Waals surface area (Å²) in [4.78, 5) is 9.35. The fourth-order valence-electron chi connectivity index (χ4n) is 5.69. The van der Waals surface area contributed by atoms with Gasteiger partial charge in [-0.05, 0) is 37.9 Å². The fourth-order valence-corrected chi connectivity index (χ4v) is 7.57. The van der Waals surface area contributed by atoms with Crippen molar-refractivity contribution in [3.8, 4) is 11.5 Å². The molecule has 0 saturated carbocycles. The Morgan fingerprint density at radius 3 is 2.64 bits per heavy atom. The molecule has 0 amide bonds. The van der Waals surface area contributed by atoms with Crippen molar-refractivity contribution >= 4 is 26.5 Å². The largest absolute Gasteiger partial charge is 0.486 e. The summed E-state index contributed by atoms with van der Waals surface area (Å²) in [6.45, 7) is 6.35. The maximum Gasteiger partial charge on any atom is 0.245 e. The van der Waals surface area contributed by atoms with E-state index in [1.165, 1.54) is 6.20 Å². The van der Waals surface area contributed by atoms with Crippen molar-refractivity contribution < 1.29 is 17.9 Å². The third-order valence-electron chi connectivity index (χ3n) is 7.58. The van der Waals surface area contributed by atoms with E-state index in [4.69, 9.17) is 9.47 Å². The van der Waals surface area contributed by atoms with Crippen molar-refractivity contribution in [2.24, 2.45) is 0 Å². The van der Waals surface area contributed by atoms with Gasteiger partial charge in [0.15, 0.2) is 11.5 Å². The number of anilines is 1. The van der Waals surface area contributed by atoms with Gasteiger partial charge >= 0.3 is 0 Å². The van der Waals surface area contributed by atoms with Gasteiger partial charge in [-0.2, -0.15) is 4.31 Å². The number of nitrogens with zero attached hydrogens (tertiary/aromatic N) is 4. The average Bonchev–Trinajstić information content (AvgIpc) is 3.41. The highest BCUT2D eigenvalue weighted by Crippen LogP contribution is 2.40. The first-order valence-corrected chi connectivity index (χ1v) is 14.3. The van der Waals surface area contributed by atoms with Crippen molar-refractivity contribution in [2.45, 2.75) is 30.2 Å². The Balaban J connectivity index is 1.09. The van der Waals surface area contributed by atoms with Gasteiger partial charge in [0.1, 0.15) is 18.1 Å². The van der Waals surface area contributed by atoms with Gasteiger partial charge in [-0.1, -0.05) is 30.3 Å². The van der Waals surface area contributed by atoms with E-state index in [1.54, 1.807) is 10.5 Å². The van der Waals surface area contributed by atoms with Gasteiger partial charge in [0, 0.05) is 61.9 Å². The maximum atomic E-state index is 13.7. The van der Waals surface area contributed by atoms with Crippen LogP contribution in [0.1, 0.15) is 19.3 Å². The summed E-state index contributed by atoms with van der Waals surface area (Å²) in [6, 6.07) is 13.7. The monoisotopic (exact) mass is 508 g/mol. The normalized spacial score (nSPS) is 21.2. The highest BCUT2D eigenvalue weighted by atomic mass is 32.2. The van der Waals surface area contributed by atoms with Crippen LogP contribution in [-0.4, -0.2) is 81.1 Å². The molecule has 2 saturated heterocycles. The predicted octanol–water partition coefficient (Wildman–Crippen LogP) is 3.37. The van der Waals surface area contributed by atoms with E-state index in [0.717, 1.165) is 79.9 Å². The average molecular weight is 509 g/mol. The number of fused-ring (bicyclic) bond motifs is 2. The van der Waals surface area contributed by atoms with E-state index in [1.807, 2.05) is 36.4 Å². The molecule has 6 rings (SSSR count). The number of benzene rings is 2. The zero-order chi connectivity index (χ0) is 24.5. The van der Waals surface area contributed by atoms with E-state index >= 15 is 0 Å². The van der Waals surface area contributed by atoms with E-state index in [0.29, 0.717) is 24.7 Å². The second kappa shape index (κ2) is 9.88. The van der Waals surface area contributed by atoms with Crippen LogP contribution in [0.4, 0.5) is 5.69 Å². The summed E-state index contributed by atoms with van der Waals surface area (Å²) in [5.74, 6) is 1.68. The highest BCUT2D eigenvalue weighted by Gasteiger charge is 2.36. The minimum atomic E-state index is -3.60. The number of aromatic nitrogens is 1. The Hall–Kier alpha value is -2.88. The molecule has 0 bridgehead atoms. The van der Waals surface area contributed by atoms with E-state index in [9.17, 15) is 8.42 Å². The fraction of sp³-hybridized carbons (Fsp3) is 0.444. The Bertz CT molecular complexity index is 1340. The Morgan fingerprint density at radius 2 is 1.75 bits per heavy atom. The maximum absolute atomic E-state index is 13.7. The number of para-hydroxylation sites is 1. The molecule has 0 N–H and O–H groups in total. The molecule has 4 heterocycles. The summed E-state index contributed by atoms with van der Waals surface area (Å²) < 4.78 is 40.7. The van der Waals surface area contributed by atoms with Crippen LogP contribution in [-0.2, 0) is 10.0 Å². The van der Waals surface area contributed by atoms with Crippen LogP contribution in [0.5, 0.6) is 11.5 Å². The summed E-state index contributed by atoms with van der Waals surface area (Å²) in [6.07, 6.45) is 5.88. The van der Waals surface area contributed by atoms with Gasteiger partial charge in [-0.3, -0.25) is 9.88 Å². The van der Waals surface area contributed by atoms with Gasteiger partial charge in [0.05, 0.1) is 5.69 Å². The second-order valence-electron chi connectivity index (χ2n) is 9.69. The molecule has 190 valence electrons. The van der Waals surface area contributed by atoms with Crippen LogP contribution in [0.3, 0.4) is 0 Å². The lowest BCUT2D eigenvalue weighted by atomic mass is 10.1. The molecule has 2 fully saturated rings. The smallest absolute Gasteiger partial charge is 0.245 e.